The van der Waals surface area contributed by atoms with Crippen LogP contribution in [0, 0.1) is 0 Å². The van der Waals surface area contributed by atoms with E-state index in [-0.39, 0.29) is 12.5 Å². The van der Waals surface area contributed by atoms with Gasteiger partial charge in [0.1, 0.15) is 5.75 Å². The summed E-state index contributed by atoms with van der Waals surface area (Å²) in [4.78, 5) is 17.9. The quantitative estimate of drug-likeness (QED) is 0.780. The van der Waals surface area contributed by atoms with E-state index in [4.69, 9.17) is 4.74 Å². The second-order valence-electron chi connectivity index (χ2n) is 5.46. The summed E-state index contributed by atoms with van der Waals surface area (Å²) in [6, 6.07) is 13.7. The third-order valence-electron chi connectivity index (χ3n) is 3.84. The van der Waals surface area contributed by atoms with E-state index in [1.807, 2.05) is 35.2 Å². The average molecular weight is 395 g/mol. The topological polar surface area (TPSA) is 32.8 Å². The molecule has 2 heterocycles. The molecular weight excluding hydrogens is 376 g/mol. The van der Waals surface area contributed by atoms with E-state index in [1.54, 1.807) is 11.3 Å². The van der Waals surface area contributed by atoms with Crippen LogP contribution < -0.4 is 4.74 Å². The number of piperazine rings is 1. The first kappa shape index (κ1) is 16.5. The molecule has 0 N–H and O–H groups in total. The first-order valence-electron chi connectivity index (χ1n) is 7.63. The van der Waals surface area contributed by atoms with Crippen molar-refractivity contribution in [2.75, 3.05) is 32.8 Å². The maximum absolute atomic E-state index is 12.2. The van der Waals surface area contributed by atoms with Gasteiger partial charge < -0.3 is 9.64 Å². The molecule has 6 heteroatoms. The van der Waals surface area contributed by atoms with Gasteiger partial charge in [0.05, 0.1) is 3.79 Å². The summed E-state index contributed by atoms with van der Waals surface area (Å²) >= 11 is 5.26. The highest BCUT2D eigenvalue weighted by molar-refractivity contribution is 9.11. The summed E-state index contributed by atoms with van der Waals surface area (Å²) in [6.07, 6.45) is 0. The van der Waals surface area contributed by atoms with E-state index >= 15 is 0 Å². The minimum absolute atomic E-state index is 0.0624. The number of nitrogens with zero attached hydrogens (tertiary/aromatic N) is 2. The second-order valence-corrected chi connectivity index (χ2v) is 8.01. The number of carbonyl (C=O) groups excluding carboxylic acids is 1. The molecule has 0 atom stereocenters. The molecule has 1 saturated heterocycles. The van der Waals surface area contributed by atoms with Gasteiger partial charge in [-0.3, -0.25) is 9.69 Å². The fraction of sp³-hybridized carbons (Fsp3) is 0.353. The van der Waals surface area contributed by atoms with Gasteiger partial charge in [0.15, 0.2) is 6.61 Å². The second kappa shape index (κ2) is 7.95. The van der Waals surface area contributed by atoms with Crippen LogP contribution in [0.25, 0.3) is 0 Å². The Morgan fingerprint density at radius 2 is 1.83 bits per heavy atom. The summed E-state index contributed by atoms with van der Waals surface area (Å²) in [5, 5.41) is 0. The van der Waals surface area contributed by atoms with Gasteiger partial charge in [-0.2, -0.15) is 0 Å². The summed E-state index contributed by atoms with van der Waals surface area (Å²) in [7, 11) is 0. The number of hydrogen-bond donors (Lipinski definition) is 0. The standard InChI is InChI=1S/C17H19BrN2O2S/c18-16-7-6-15(23-16)12-19-8-10-20(11-9-19)17(21)13-22-14-4-2-1-3-5-14/h1-7H,8-13H2. The minimum Gasteiger partial charge on any atom is -0.484 e. The Balaban J connectivity index is 1.42. The maximum atomic E-state index is 12.2. The molecule has 1 fully saturated rings. The lowest BCUT2D eigenvalue weighted by Gasteiger charge is -2.34. The van der Waals surface area contributed by atoms with Gasteiger partial charge in [0, 0.05) is 37.6 Å². The molecule has 0 aliphatic carbocycles. The zero-order chi connectivity index (χ0) is 16.1. The number of para-hydroxylation sites is 1. The summed E-state index contributed by atoms with van der Waals surface area (Å²) < 4.78 is 6.70. The van der Waals surface area contributed by atoms with Crippen LogP contribution in [-0.4, -0.2) is 48.5 Å². The Kier molecular flexibility index (Phi) is 5.70. The molecule has 23 heavy (non-hydrogen) atoms. The largest absolute Gasteiger partial charge is 0.484 e. The first-order valence-corrected chi connectivity index (χ1v) is 9.24. The van der Waals surface area contributed by atoms with Crippen molar-refractivity contribution in [2.45, 2.75) is 6.54 Å². The Morgan fingerprint density at radius 3 is 2.48 bits per heavy atom. The molecule has 3 rings (SSSR count). The first-order chi connectivity index (χ1) is 11.2. The molecule has 122 valence electrons. The van der Waals surface area contributed by atoms with Crippen LogP contribution in [-0.2, 0) is 11.3 Å². The van der Waals surface area contributed by atoms with Crippen LogP contribution in [0.1, 0.15) is 4.88 Å². The molecule has 1 aliphatic heterocycles. The molecule has 1 aromatic heterocycles. The molecule has 1 aliphatic rings. The fourth-order valence-corrected chi connectivity index (χ4v) is 4.09. The van der Waals surface area contributed by atoms with Gasteiger partial charge in [-0.05, 0) is 40.2 Å². The van der Waals surface area contributed by atoms with Crippen molar-refractivity contribution in [3.63, 3.8) is 0 Å². The Labute approximate surface area is 148 Å². The number of rotatable bonds is 5. The fourth-order valence-electron chi connectivity index (χ4n) is 2.57. The van der Waals surface area contributed by atoms with Crippen molar-refractivity contribution in [1.82, 2.24) is 9.80 Å². The van der Waals surface area contributed by atoms with Crippen LogP contribution in [0.2, 0.25) is 0 Å². The molecule has 0 radical (unpaired) electrons. The van der Waals surface area contributed by atoms with E-state index in [0.29, 0.717) is 0 Å². The molecule has 4 nitrogen and oxygen atoms in total. The molecular formula is C17H19BrN2O2S. The number of ether oxygens (including phenoxy) is 1. The Hall–Kier alpha value is -1.37. The van der Waals surface area contributed by atoms with Gasteiger partial charge in [0.25, 0.3) is 5.91 Å². The van der Waals surface area contributed by atoms with Crippen molar-refractivity contribution in [3.8, 4) is 5.75 Å². The van der Waals surface area contributed by atoms with Crippen molar-refractivity contribution in [1.29, 1.82) is 0 Å². The van der Waals surface area contributed by atoms with Crippen molar-refractivity contribution >= 4 is 33.2 Å². The third kappa shape index (κ3) is 4.80. The Morgan fingerprint density at radius 1 is 1.09 bits per heavy atom. The number of amides is 1. The summed E-state index contributed by atoms with van der Waals surface area (Å²) in [6.45, 7) is 4.42. The van der Waals surface area contributed by atoms with E-state index in [0.717, 1.165) is 38.5 Å². The van der Waals surface area contributed by atoms with Gasteiger partial charge >= 0.3 is 0 Å². The normalized spacial score (nSPS) is 15.6. The van der Waals surface area contributed by atoms with Crippen molar-refractivity contribution in [2.24, 2.45) is 0 Å². The zero-order valence-corrected chi connectivity index (χ0v) is 15.2. The number of hydrogen-bond acceptors (Lipinski definition) is 4. The van der Waals surface area contributed by atoms with Crippen LogP contribution >= 0.6 is 27.3 Å². The van der Waals surface area contributed by atoms with E-state index < -0.39 is 0 Å². The minimum atomic E-state index is 0.0624. The van der Waals surface area contributed by atoms with E-state index in [9.17, 15) is 4.79 Å². The highest BCUT2D eigenvalue weighted by Gasteiger charge is 2.21. The van der Waals surface area contributed by atoms with E-state index in [1.165, 1.54) is 8.66 Å². The van der Waals surface area contributed by atoms with Gasteiger partial charge in [0.2, 0.25) is 0 Å². The average Bonchev–Trinajstić information content (AvgIpc) is 2.99. The predicted molar refractivity (Wildman–Crippen MR) is 95.8 cm³/mol. The highest BCUT2D eigenvalue weighted by atomic mass is 79.9. The molecule has 0 unspecified atom stereocenters. The summed E-state index contributed by atoms with van der Waals surface area (Å²) in [5.41, 5.74) is 0. The van der Waals surface area contributed by atoms with Crippen LogP contribution in [0.5, 0.6) is 5.75 Å². The monoisotopic (exact) mass is 394 g/mol. The van der Waals surface area contributed by atoms with Gasteiger partial charge in [-0.15, -0.1) is 11.3 Å². The predicted octanol–water partition coefficient (Wildman–Crippen LogP) is 3.23. The SMILES string of the molecule is O=C(COc1ccccc1)N1CCN(Cc2ccc(Br)s2)CC1. The molecule has 1 amide bonds. The Bertz CT molecular complexity index is 639. The molecule has 0 spiro atoms. The van der Waals surface area contributed by atoms with Crippen molar-refractivity contribution in [3.05, 3.63) is 51.1 Å². The maximum Gasteiger partial charge on any atom is 0.260 e. The molecule has 2 aromatic rings. The number of carbonyl (C=O) groups is 1. The van der Waals surface area contributed by atoms with Crippen LogP contribution in [0.4, 0.5) is 0 Å². The number of thiophene rings is 1. The lowest BCUT2D eigenvalue weighted by atomic mass is 10.3. The lowest BCUT2D eigenvalue weighted by Crippen LogP contribution is -2.49. The van der Waals surface area contributed by atoms with Crippen molar-refractivity contribution < 1.29 is 9.53 Å². The van der Waals surface area contributed by atoms with Gasteiger partial charge in [-0.1, -0.05) is 18.2 Å². The zero-order valence-electron chi connectivity index (χ0n) is 12.8. The third-order valence-corrected chi connectivity index (χ3v) is 5.45. The van der Waals surface area contributed by atoms with E-state index in [2.05, 4.69) is 33.0 Å². The van der Waals surface area contributed by atoms with Crippen LogP contribution in [0.15, 0.2) is 46.3 Å². The molecule has 0 bridgehead atoms. The van der Waals surface area contributed by atoms with Crippen LogP contribution in [0.3, 0.4) is 0 Å². The number of halogens is 1. The van der Waals surface area contributed by atoms with Gasteiger partial charge in [-0.25, -0.2) is 0 Å². The number of benzene rings is 1. The molecule has 0 saturated carbocycles. The summed E-state index contributed by atoms with van der Waals surface area (Å²) in [5.74, 6) is 0.801. The lowest BCUT2D eigenvalue weighted by molar-refractivity contribution is -0.135. The smallest absolute Gasteiger partial charge is 0.260 e. The molecule has 1 aromatic carbocycles. The highest BCUT2D eigenvalue weighted by Crippen LogP contribution is 2.23.